The molecule has 2 amide bonds. The second kappa shape index (κ2) is 9.60. The normalized spacial score (nSPS) is 10.8. The molecule has 8 heteroatoms. The second-order valence-electron chi connectivity index (χ2n) is 7.33. The number of pyridine rings is 1. The first-order valence-electron chi connectivity index (χ1n) is 9.54. The van der Waals surface area contributed by atoms with Crippen LogP contribution in [0.25, 0.3) is 11.3 Å². The average molecular weight is 424 g/mol. The van der Waals surface area contributed by atoms with Gasteiger partial charge in [0.15, 0.2) is 5.13 Å². The SMILES string of the molecule is Cc1ccc(NC(=O)CN(C)CC(=O)Nc2nc(-c3ccc(C)c(C)c3)cs2)nc1. The number of hydrogen-bond donors (Lipinski definition) is 2. The lowest BCUT2D eigenvalue weighted by molar-refractivity contribution is -0.119. The molecule has 2 aromatic heterocycles. The van der Waals surface area contributed by atoms with Gasteiger partial charge in [0.1, 0.15) is 5.82 Å². The van der Waals surface area contributed by atoms with Crippen LogP contribution in [0.3, 0.4) is 0 Å². The Hall–Kier alpha value is -3.10. The molecule has 3 aromatic rings. The Morgan fingerprint density at radius 2 is 1.73 bits per heavy atom. The van der Waals surface area contributed by atoms with Gasteiger partial charge in [-0.1, -0.05) is 18.2 Å². The molecule has 3 rings (SSSR count). The Bertz CT molecular complexity index is 1050. The molecule has 0 unspecified atom stereocenters. The molecule has 2 N–H and O–H groups in total. The van der Waals surface area contributed by atoms with Gasteiger partial charge in [-0.2, -0.15) is 0 Å². The molecule has 0 spiro atoms. The number of hydrogen-bond acceptors (Lipinski definition) is 6. The summed E-state index contributed by atoms with van der Waals surface area (Å²) in [4.78, 5) is 34.7. The van der Waals surface area contributed by atoms with Crippen molar-refractivity contribution in [2.24, 2.45) is 0 Å². The first-order chi connectivity index (χ1) is 14.3. The fourth-order valence-corrected chi connectivity index (χ4v) is 3.53. The Labute approximate surface area is 180 Å². The van der Waals surface area contributed by atoms with E-state index in [4.69, 9.17) is 0 Å². The summed E-state index contributed by atoms with van der Waals surface area (Å²) in [5.74, 6) is 0.0396. The minimum absolute atomic E-state index is 0.0767. The summed E-state index contributed by atoms with van der Waals surface area (Å²) in [5, 5.41) is 7.98. The van der Waals surface area contributed by atoms with E-state index in [1.165, 1.54) is 22.5 Å². The van der Waals surface area contributed by atoms with E-state index < -0.39 is 0 Å². The van der Waals surface area contributed by atoms with E-state index in [1.54, 1.807) is 24.2 Å². The number of aryl methyl sites for hydroxylation is 3. The van der Waals surface area contributed by atoms with Gasteiger partial charge < -0.3 is 10.6 Å². The molecule has 0 aliphatic carbocycles. The van der Waals surface area contributed by atoms with Crippen molar-refractivity contribution in [3.63, 3.8) is 0 Å². The average Bonchev–Trinajstić information content (AvgIpc) is 3.13. The summed E-state index contributed by atoms with van der Waals surface area (Å²) in [7, 11) is 1.71. The molecular formula is C22H25N5O2S. The molecule has 0 aliphatic rings. The molecule has 156 valence electrons. The summed E-state index contributed by atoms with van der Waals surface area (Å²) >= 11 is 1.38. The van der Waals surface area contributed by atoms with Gasteiger partial charge in [0.2, 0.25) is 11.8 Å². The minimum atomic E-state index is -0.229. The van der Waals surface area contributed by atoms with Crippen LogP contribution >= 0.6 is 11.3 Å². The zero-order valence-corrected chi connectivity index (χ0v) is 18.3. The second-order valence-corrected chi connectivity index (χ2v) is 8.18. The number of thiazole rings is 1. The van der Waals surface area contributed by atoms with Gasteiger partial charge in [0.05, 0.1) is 18.8 Å². The fraction of sp³-hybridized carbons (Fsp3) is 0.273. The highest BCUT2D eigenvalue weighted by Crippen LogP contribution is 2.26. The van der Waals surface area contributed by atoms with Crippen molar-refractivity contribution >= 4 is 34.1 Å². The quantitative estimate of drug-likeness (QED) is 0.606. The Kier molecular flexibility index (Phi) is 6.91. The number of carbonyl (C=O) groups is 2. The summed E-state index contributed by atoms with van der Waals surface area (Å²) in [6.45, 7) is 6.22. The number of aromatic nitrogens is 2. The van der Waals surface area contributed by atoms with Crippen LogP contribution in [0.2, 0.25) is 0 Å². The predicted octanol–water partition coefficient (Wildman–Crippen LogP) is 3.64. The monoisotopic (exact) mass is 423 g/mol. The summed E-state index contributed by atoms with van der Waals surface area (Å²) in [6.07, 6.45) is 1.69. The van der Waals surface area contributed by atoms with Crippen LogP contribution in [-0.4, -0.2) is 46.8 Å². The van der Waals surface area contributed by atoms with Gasteiger partial charge >= 0.3 is 0 Å². The van der Waals surface area contributed by atoms with Crippen LogP contribution < -0.4 is 10.6 Å². The van der Waals surface area contributed by atoms with E-state index in [0.29, 0.717) is 10.9 Å². The molecule has 0 aliphatic heterocycles. The Balaban J connectivity index is 1.50. The first kappa shape index (κ1) is 21.6. The maximum absolute atomic E-state index is 12.3. The minimum Gasteiger partial charge on any atom is -0.310 e. The lowest BCUT2D eigenvalue weighted by Crippen LogP contribution is -2.36. The van der Waals surface area contributed by atoms with Crippen molar-refractivity contribution in [3.05, 3.63) is 58.6 Å². The van der Waals surface area contributed by atoms with Crippen molar-refractivity contribution in [1.82, 2.24) is 14.9 Å². The number of amides is 2. The molecule has 0 saturated heterocycles. The van der Waals surface area contributed by atoms with E-state index in [9.17, 15) is 9.59 Å². The zero-order valence-electron chi connectivity index (χ0n) is 17.5. The molecule has 1 aromatic carbocycles. The molecule has 0 saturated carbocycles. The van der Waals surface area contributed by atoms with Crippen molar-refractivity contribution in [2.45, 2.75) is 20.8 Å². The van der Waals surface area contributed by atoms with Crippen molar-refractivity contribution in [3.8, 4) is 11.3 Å². The number of nitrogens with zero attached hydrogens (tertiary/aromatic N) is 3. The third-order valence-electron chi connectivity index (χ3n) is 4.56. The summed E-state index contributed by atoms with van der Waals surface area (Å²) in [6, 6.07) is 9.80. The molecular weight excluding hydrogens is 398 g/mol. The summed E-state index contributed by atoms with van der Waals surface area (Å²) < 4.78 is 0. The third-order valence-corrected chi connectivity index (χ3v) is 5.32. The van der Waals surface area contributed by atoms with E-state index in [0.717, 1.165) is 16.8 Å². The highest BCUT2D eigenvalue weighted by Gasteiger charge is 2.13. The lowest BCUT2D eigenvalue weighted by Gasteiger charge is -2.15. The van der Waals surface area contributed by atoms with Crippen LogP contribution in [0.4, 0.5) is 10.9 Å². The largest absolute Gasteiger partial charge is 0.310 e. The van der Waals surface area contributed by atoms with Gasteiger partial charge in [0, 0.05) is 17.1 Å². The first-order valence-corrected chi connectivity index (χ1v) is 10.4. The number of anilines is 2. The van der Waals surface area contributed by atoms with Gasteiger partial charge in [0.25, 0.3) is 0 Å². The summed E-state index contributed by atoms with van der Waals surface area (Å²) in [5.41, 5.74) is 5.30. The Morgan fingerprint density at radius 3 is 2.40 bits per heavy atom. The fourth-order valence-electron chi connectivity index (χ4n) is 2.79. The lowest BCUT2D eigenvalue weighted by atomic mass is 10.1. The standard InChI is InChI=1S/C22H25N5O2S/c1-14-5-8-19(23-10-14)25-20(28)11-27(4)12-21(29)26-22-24-18(13-30-22)17-7-6-15(2)16(3)9-17/h5-10,13H,11-12H2,1-4H3,(H,23,25,28)(H,24,26,29). The molecule has 30 heavy (non-hydrogen) atoms. The van der Waals surface area contributed by atoms with Gasteiger partial charge in [-0.15, -0.1) is 11.3 Å². The van der Waals surface area contributed by atoms with E-state index >= 15 is 0 Å². The van der Waals surface area contributed by atoms with E-state index in [1.807, 2.05) is 24.4 Å². The maximum atomic E-state index is 12.3. The predicted molar refractivity (Wildman–Crippen MR) is 121 cm³/mol. The topological polar surface area (TPSA) is 87.2 Å². The molecule has 0 bridgehead atoms. The third kappa shape index (κ3) is 5.95. The van der Waals surface area contributed by atoms with Crippen molar-refractivity contribution < 1.29 is 9.59 Å². The molecule has 2 heterocycles. The van der Waals surface area contributed by atoms with E-state index in [-0.39, 0.29) is 24.9 Å². The van der Waals surface area contributed by atoms with Crippen molar-refractivity contribution in [1.29, 1.82) is 0 Å². The number of carbonyl (C=O) groups excluding carboxylic acids is 2. The number of rotatable bonds is 7. The van der Waals surface area contributed by atoms with Gasteiger partial charge in [-0.3, -0.25) is 14.5 Å². The highest BCUT2D eigenvalue weighted by molar-refractivity contribution is 7.14. The molecule has 0 atom stereocenters. The maximum Gasteiger partial charge on any atom is 0.240 e. The van der Waals surface area contributed by atoms with Crippen LogP contribution in [0.15, 0.2) is 41.9 Å². The molecule has 0 fully saturated rings. The highest BCUT2D eigenvalue weighted by atomic mass is 32.1. The van der Waals surface area contributed by atoms with E-state index in [2.05, 4.69) is 46.6 Å². The van der Waals surface area contributed by atoms with Crippen LogP contribution in [0.5, 0.6) is 0 Å². The van der Waals surface area contributed by atoms with Crippen LogP contribution in [-0.2, 0) is 9.59 Å². The zero-order chi connectivity index (χ0) is 21.7. The Morgan fingerprint density at radius 1 is 1.00 bits per heavy atom. The molecule has 7 nitrogen and oxygen atoms in total. The number of benzene rings is 1. The number of likely N-dealkylation sites (N-methyl/N-ethyl adjacent to an activating group) is 1. The smallest absolute Gasteiger partial charge is 0.240 e. The van der Waals surface area contributed by atoms with Crippen LogP contribution in [0.1, 0.15) is 16.7 Å². The van der Waals surface area contributed by atoms with Gasteiger partial charge in [-0.25, -0.2) is 9.97 Å². The van der Waals surface area contributed by atoms with Gasteiger partial charge in [-0.05, 0) is 56.6 Å². The number of nitrogens with one attached hydrogen (secondary N) is 2. The van der Waals surface area contributed by atoms with Crippen molar-refractivity contribution in [2.75, 3.05) is 30.8 Å². The molecule has 0 radical (unpaired) electrons. The van der Waals surface area contributed by atoms with Crippen LogP contribution in [0, 0.1) is 20.8 Å².